The number of amides is 1. The first-order valence-electron chi connectivity index (χ1n) is 4.69. The minimum Gasteiger partial charge on any atom is -0.320 e. The highest BCUT2D eigenvalue weighted by atomic mass is 19.1. The summed E-state index contributed by atoms with van der Waals surface area (Å²) in [7, 11) is 0. The van der Waals surface area contributed by atoms with Crippen molar-refractivity contribution in [1.82, 2.24) is 9.97 Å². The Morgan fingerprint density at radius 2 is 1.94 bits per heavy atom. The SMILES string of the molecule is O=C(Nc1ccncc1)c1ncc(F)cc1F. The van der Waals surface area contributed by atoms with E-state index in [9.17, 15) is 13.6 Å². The zero-order valence-corrected chi connectivity index (χ0v) is 8.52. The van der Waals surface area contributed by atoms with Gasteiger partial charge in [0.25, 0.3) is 5.91 Å². The zero-order chi connectivity index (χ0) is 12.3. The van der Waals surface area contributed by atoms with Gasteiger partial charge in [-0.15, -0.1) is 0 Å². The molecule has 2 aromatic rings. The zero-order valence-electron chi connectivity index (χ0n) is 8.52. The van der Waals surface area contributed by atoms with Crippen LogP contribution < -0.4 is 5.32 Å². The first-order valence-corrected chi connectivity index (χ1v) is 4.69. The van der Waals surface area contributed by atoms with E-state index < -0.39 is 23.2 Å². The lowest BCUT2D eigenvalue weighted by Gasteiger charge is -2.04. The number of halogens is 2. The van der Waals surface area contributed by atoms with Gasteiger partial charge in [0, 0.05) is 24.1 Å². The maximum atomic E-state index is 13.2. The molecule has 86 valence electrons. The molecule has 1 amide bonds. The molecule has 0 fully saturated rings. The van der Waals surface area contributed by atoms with Gasteiger partial charge >= 0.3 is 0 Å². The maximum absolute atomic E-state index is 13.2. The van der Waals surface area contributed by atoms with Gasteiger partial charge < -0.3 is 5.32 Å². The number of nitrogens with one attached hydrogen (secondary N) is 1. The lowest BCUT2D eigenvalue weighted by atomic mass is 10.3. The van der Waals surface area contributed by atoms with Crippen LogP contribution in [0, 0.1) is 11.6 Å². The molecule has 4 nitrogen and oxygen atoms in total. The number of carbonyl (C=O) groups is 1. The number of rotatable bonds is 2. The molecular weight excluding hydrogens is 228 g/mol. The summed E-state index contributed by atoms with van der Waals surface area (Å²) in [6, 6.07) is 3.69. The molecule has 0 aromatic carbocycles. The van der Waals surface area contributed by atoms with Crippen molar-refractivity contribution in [3.63, 3.8) is 0 Å². The van der Waals surface area contributed by atoms with E-state index in [1.54, 1.807) is 12.1 Å². The van der Waals surface area contributed by atoms with Crippen LogP contribution in [0.1, 0.15) is 10.5 Å². The maximum Gasteiger partial charge on any atom is 0.277 e. The summed E-state index contributed by atoms with van der Waals surface area (Å²) in [5.74, 6) is -2.58. The number of carbonyl (C=O) groups excluding carboxylic acids is 1. The first kappa shape index (κ1) is 11.1. The van der Waals surface area contributed by atoms with E-state index in [0.29, 0.717) is 11.8 Å². The standard InChI is InChI=1S/C11H7F2N3O/c12-7-5-9(13)10(15-6-7)11(17)16-8-1-3-14-4-2-8/h1-6H,(H,14,16,17). The molecule has 2 rings (SSSR count). The summed E-state index contributed by atoms with van der Waals surface area (Å²) in [5, 5.41) is 2.41. The molecule has 1 N–H and O–H groups in total. The molecule has 0 unspecified atom stereocenters. The van der Waals surface area contributed by atoms with Gasteiger partial charge in [0.05, 0.1) is 6.20 Å². The lowest BCUT2D eigenvalue weighted by molar-refractivity contribution is 0.101. The largest absolute Gasteiger partial charge is 0.320 e. The summed E-state index contributed by atoms with van der Waals surface area (Å²) < 4.78 is 25.8. The molecule has 0 saturated heterocycles. The molecule has 17 heavy (non-hydrogen) atoms. The predicted octanol–water partition coefficient (Wildman–Crippen LogP) is 2.01. The van der Waals surface area contributed by atoms with Crippen LogP contribution >= 0.6 is 0 Å². The average Bonchev–Trinajstić information content (AvgIpc) is 2.30. The Morgan fingerprint density at radius 3 is 2.59 bits per heavy atom. The highest BCUT2D eigenvalue weighted by molar-refractivity contribution is 6.02. The highest BCUT2D eigenvalue weighted by Crippen LogP contribution is 2.10. The van der Waals surface area contributed by atoms with Crippen molar-refractivity contribution in [2.24, 2.45) is 0 Å². The van der Waals surface area contributed by atoms with Gasteiger partial charge in [0.1, 0.15) is 5.82 Å². The van der Waals surface area contributed by atoms with Crippen LogP contribution in [0.3, 0.4) is 0 Å². The molecule has 0 bridgehead atoms. The second kappa shape index (κ2) is 4.65. The minimum absolute atomic E-state index is 0.454. The quantitative estimate of drug-likeness (QED) is 0.866. The van der Waals surface area contributed by atoms with Crippen molar-refractivity contribution in [3.05, 3.63) is 54.1 Å². The normalized spacial score (nSPS) is 10.0. The van der Waals surface area contributed by atoms with Crippen LogP contribution in [0.15, 0.2) is 36.8 Å². The summed E-state index contributed by atoms with van der Waals surface area (Å²) >= 11 is 0. The molecule has 2 heterocycles. The van der Waals surface area contributed by atoms with Crippen LogP contribution in [0.4, 0.5) is 14.5 Å². The van der Waals surface area contributed by atoms with Crippen molar-refractivity contribution in [3.8, 4) is 0 Å². The third-order valence-electron chi connectivity index (χ3n) is 1.96. The number of aromatic nitrogens is 2. The van der Waals surface area contributed by atoms with Crippen molar-refractivity contribution in [2.75, 3.05) is 5.32 Å². The number of anilines is 1. The van der Waals surface area contributed by atoms with Crippen molar-refractivity contribution < 1.29 is 13.6 Å². The second-order valence-electron chi connectivity index (χ2n) is 3.17. The average molecular weight is 235 g/mol. The highest BCUT2D eigenvalue weighted by Gasteiger charge is 2.14. The molecule has 0 spiro atoms. The molecule has 0 aliphatic carbocycles. The molecule has 0 atom stereocenters. The van der Waals surface area contributed by atoms with Crippen LogP contribution in [0.5, 0.6) is 0 Å². The molecule has 0 radical (unpaired) electrons. The van der Waals surface area contributed by atoms with Crippen molar-refractivity contribution in [1.29, 1.82) is 0 Å². The van der Waals surface area contributed by atoms with Gasteiger partial charge in [-0.3, -0.25) is 9.78 Å². The van der Waals surface area contributed by atoms with Crippen LogP contribution in [0.25, 0.3) is 0 Å². The molecule has 2 aromatic heterocycles. The Hall–Kier alpha value is -2.37. The fourth-order valence-electron chi connectivity index (χ4n) is 1.21. The van der Waals surface area contributed by atoms with Gasteiger partial charge in [-0.1, -0.05) is 0 Å². The van der Waals surface area contributed by atoms with Gasteiger partial charge in [0.2, 0.25) is 0 Å². The number of nitrogens with zero attached hydrogens (tertiary/aromatic N) is 2. The first-order chi connectivity index (χ1) is 8.16. The second-order valence-corrected chi connectivity index (χ2v) is 3.17. The van der Waals surface area contributed by atoms with E-state index in [1.807, 2.05) is 0 Å². The van der Waals surface area contributed by atoms with E-state index in [4.69, 9.17) is 0 Å². The van der Waals surface area contributed by atoms with Crippen molar-refractivity contribution >= 4 is 11.6 Å². The van der Waals surface area contributed by atoms with E-state index in [0.717, 1.165) is 6.20 Å². The van der Waals surface area contributed by atoms with Crippen molar-refractivity contribution in [2.45, 2.75) is 0 Å². The molecular formula is C11H7F2N3O. The Balaban J connectivity index is 2.21. The smallest absolute Gasteiger partial charge is 0.277 e. The molecule has 0 aliphatic heterocycles. The number of hydrogen-bond donors (Lipinski definition) is 1. The Kier molecular flexibility index (Phi) is 3.04. The van der Waals surface area contributed by atoms with Gasteiger partial charge in [-0.05, 0) is 12.1 Å². The third-order valence-corrected chi connectivity index (χ3v) is 1.96. The summed E-state index contributed by atoms with van der Waals surface area (Å²) in [6.45, 7) is 0. The molecule has 6 heteroatoms. The Morgan fingerprint density at radius 1 is 1.24 bits per heavy atom. The van der Waals surface area contributed by atoms with E-state index >= 15 is 0 Å². The fourth-order valence-corrected chi connectivity index (χ4v) is 1.21. The minimum atomic E-state index is -1.00. The summed E-state index contributed by atoms with van der Waals surface area (Å²) in [4.78, 5) is 18.7. The summed E-state index contributed by atoms with van der Waals surface area (Å²) in [6.07, 6.45) is 3.73. The monoisotopic (exact) mass is 235 g/mol. The Bertz CT molecular complexity index is 546. The predicted molar refractivity (Wildman–Crippen MR) is 56.3 cm³/mol. The topological polar surface area (TPSA) is 54.9 Å². The van der Waals surface area contributed by atoms with E-state index in [1.165, 1.54) is 12.4 Å². The fraction of sp³-hybridized carbons (Fsp3) is 0. The number of pyridine rings is 2. The van der Waals surface area contributed by atoms with Crippen LogP contribution in [-0.2, 0) is 0 Å². The van der Waals surface area contributed by atoms with Crippen LogP contribution in [0.2, 0.25) is 0 Å². The van der Waals surface area contributed by atoms with E-state index in [2.05, 4.69) is 15.3 Å². The summed E-state index contributed by atoms with van der Waals surface area (Å²) in [5.41, 5.74) is -0.00117. The molecule has 0 saturated carbocycles. The van der Waals surface area contributed by atoms with E-state index in [-0.39, 0.29) is 0 Å². The number of hydrogen-bond acceptors (Lipinski definition) is 3. The van der Waals surface area contributed by atoms with Crippen LogP contribution in [-0.4, -0.2) is 15.9 Å². The third kappa shape index (κ3) is 2.60. The van der Waals surface area contributed by atoms with Gasteiger partial charge in [-0.25, -0.2) is 13.8 Å². The van der Waals surface area contributed by atoms with Gasteiger partial charge in [0.15, 0.2) is 11.5 Å². The molecule has 0 aliphatic rings. The van der Waals surface area contributed by atoms with Gasteiger partial charge in [-0.2, -0.15) is 0 Å². The lowest BCUT2D eigenvalue weighted by Crippen LogP contribution is -2.15. The Labute approximate surface area is 95.3 Å².